The molecule has 2 heterocycles. The number of aromatic nitrogens is 2. The number of nitrogens with zero attached hydrogens (tertiary/aromatic N) is 2. The van der Waals surface area contributed by atoms with Crippen LogP contribution < -0.4 is 5.32 Å². The molecule has 1 aliphatic carbocycles. The van der Waals surface area contributed by atoms with Crippen molar-refractivity contribution in [3.05, 3.63) is 36.2 Å². The lowest BCUT2D eigenvalue weighted by molar-refractivity contribution is 0.533. The second-order valence-corrected chi connectivity index (χ2v) is 6.63. The molecule has 2 aromatic rings. The minimum absolute atomic E-state index is 0.670. The normalized spacial score (nSPS) is 23.2. The molecule has 2 atom stereocenters. The molecule has 1 fully saturated rings. The molecular formula is C15H21N3S. The van der Waals surface area contributed by atoms with Crippen molar-refractivity contribution in [2.45, 2.75) is 44.0 Å². The Kier molecular flexibility index (Phi) is 4.09. The van der Waals surface area contributed by atoms with Crippen LogP contribution in [0.5, 0.6) is 0 Å². The van der Waals surface area contributed by atoms with E-state index in [-0.39, 0.29) is 0 Å². The molecule has 2 aromatic heterocycles. The summed E-state index contributed by atoms with van der Waals surface area (Å²) >= 11 is 2.10. The summed E-state index contributed by atoms with van der Waals surface area (Å²) in [6.45, 7) is 3.18. The van der Waals surface area contributed by atoms with Crippen LogP contribution in [0.4, 0.5) is 0 Å². The Morgan fingerprint density at radius 1 is 1.42 bits per heavy atom. The number of thioether (sulfide) groups is 1. The predicted molar refractivity (Wildman–Crippen MR) is 81.6 cm³/mol. The van der Waals surface area contributed by atoms with Crippen molar-refractivity contribution in [3.8, 4) is 0 Å². The average molecular weight is 275 g/mol. The fraction of sp³-hybridized carbons (Fsp3) is 0.533. The molecule has 0 radical (unpaired) electrons. The van der Waals surface area contributed by atoms with Gasteiger partial charge in [-0.15, -0.1) is 0 Å². The SMILES string of the molecule is CCSC1CCCC1NCc1cnn2ccccc12. The van der Waals surface area contributed by atoms with Crippen LogP contribution in [0.3, 0.4) is 0 Å². The van der Waals surface area contributed by atoms with E-state index < -0.39 is 0 Å². The highest BCUT2D eigenvalue weighted by atomic mass is 32.2. The number of rotatable bonds is 5. The van der Waals surface area contributed by atoms with Gasteiger partial charge in [0.2, 0.25) is 0 Å². The Hall–Kier alpha value is -1.00. The van der Waals surface area contributed by atoms with Crippen LogP contribution in [0.1, 0.15) is 31.7 Å². The molecule has 0 aromatic carbocycles. The summed E-state index contributed by atoms with van der Waals surface area (Å²) in [5.41, 5.74) is 2.51. The Morgan fingerprint density at radius 2 is 2.37 bits per heavy atom. The molecule has 0 bridgehead atoms. The van der Waals surface area contributed by atoms with E-state index >= 15 is 0 Å². The smallest absolute Gasteiger partial charge is 0.0706 e. The lowest BCUT2D eigenvalue weighted by atomic mass is 10.2. The zero-order valence-electron chi connectivity index (χ0n) is 11.4. The number of pyridine rings is 1. The maximum atomic E-state index is 4.39. The molecule has 1 N–H and O–H groups in total. The quantitative estimate of drug-likeness (QED) is 0.909. The van der Waals surface area contributed by atoms with Crippen molar-refractivity contribution in [1.82, 2.24) is 14.9 Å². The van der Waals surface area contributed by atoms with Gasteiger partial charge in [0.25, 0.3) is 0 Å². The van der Waals surface area contributed by atoms with Gasteiger partial charge in [-0.3, -0.25) is 0 Å². The molecule has 3 rings (SSSR count). The van der Waals surface area contributed by atoms with Crippen molar-refractivity contribution in [2.24, 2.45) is 0 Å². The summed E-state index contributed by atoms with van der Waals surface area (Å²) in [6, 6.07) is 6.90. The molecule has 0 amide bonds. The molecule has 2 unspecified atom stereocenters. The number of nitrogens with one attached hydrogen (secondary N) is 1. The topological polar surface area (TPSA) is 29.3 Å². The second kappa shape index (κ2) is 5.97. The molecular weight excluding hydrogens is 254 g/mol. The molecule has 0 aliphatic heterocycles. The minimum atomic E-state index is 0.670. The largest absolute Gasteiger partial charge is 0.309 e. The summed E-state index contributed by atoms with van der Waals surface area (Å²) in [5.74, 6) is 1.22. The average Bonchev–Trinajstić information content (AvgIpc) is 3.04. The zero-order chi connectivity index (χ0) is 13.1. The summed E-state index contributed by atoms with van der Waals surface area (Å²) in [5, 5.41) is 8.93. The van der Waals surface area contributed by atoms with Crippen LogP contribution in [-0.2, 0) is 6.54 Å². The van der Waals surface area contributed by atoms with Crippen LogP contribution >= 0.6 is 11.8 Å². The molecule has 1 saturated carbocycles. The molecule has 3 nitrogen and oxygen atoms in total. The van der Waals surface area contributed by atoms with E-state index in [2.05, 4.69) is 41.2 Å². The maximum Gasteiger partial charge on any atom is 0.0706 e. The Labute approximate surface area is 118 Å². The van der Waals surface area contributed by atoms with Crippen molar-refractivity contribution in [2.75, 3.05) is 5.75 Å². The van der Waals surface area contributed by atoms with Gasteiger partial charge in [-0.25, -0.2) is 4.52 Å². The highest BCUT2D eigenvalue weighted by Gasteiger charge is 2.26. The summed E-state index contributed by atoms with van der Waals surface area (Å²) in [6.07, 6.45) is 8.04. The first-order valence-corrected chi connectivity index (χ1v) is 8.19. The third kappa shape index (κ3) is 2.79. The Bertz CT molecular complexity index is 537. The van der Waals surface area contributed by atoms with Gasteiger partial charge >= 0.3 is 0 Å². The number of hydrogen-bond donors (Lipinski definition) is 1. The van der Waals surface area contributed by atoms with Gasteiger partial charge in [0.15, 0.2) is 0 Å². The first kappa shape index (κ1) is 13.0. The molecule has 19 heavy (non-hydrogen) atoms. The Balaban J connectivity index is 1.65. The third-order valence-electron chi connectivity index (χ3n) is 3.89. The minimum Gasteiger partial charge on any atom is -0.309 e. The standard InChI is InChI=1S/C15H21N3S/c1-2-19-15-8-5-6-13(15)16-10-12-11-17-18-9-4-3-7-14(12)18/h3-4,7,9,11,13,15-16H,2,5-6,8,10H2,1H3. The van der Waals surface area contributed by atoms with Crippen LogP contribution in [-0.4, -0.2) is 26.7 Å². The van der Waals surface area contributed by atoms with Crippen LogP contribution in [0, 0.1) is 0 Å². The van der Waals surface area contributed by atoms with E-state index in [1.807, 2.05) is 23.0 Å². The van der Waals surface area contributed by atoms with Gasteiger partial charge in [-0.05, 0) is 30.7 Å². The van der Waals surface area contributed by atoms with E-state index in [0.29, 0.717) is 6.04 Å². The number of hydrogen-bond acceptors (Lipinski definition) is 3. The molecule has 0 saturated heterocycles. The summed E-state index contributed by atoms with van der Waals surface area (Å²) < 4.78 is 1.95. The number of fused-ring (bicyclic) bond motifs is 1. The first-order chi connectivity index (χ1) is 9.38. The molecule has 4 heteroatoms. The van der Waals surface area contributed by atoms with Crippen molar-refractivity contribution in [1.29, 1.82) is 0 Å². The van der Waals surface area contributed by atoms with Crippen molar-refractivity contribution < 1.29 is 0 Å². The lowest BCUT2D eigenvalue weighted by Gasteiger charge is -2.19. The summed E-state index contributed by atoms with van der Waals surface area (Å²) in [7, 11) is 0. The molecule has 102 valence electrons. The van der Waals surface area contributed by atoms with Crippen molar-refractivity contribution >= 4 is 17.3 Å². The van der Waals surface area contributed by atoms with E-state index in [1.165, 1.54) is 36.1 Å². The van der Waals surface area contributed by atoms with Gasteiger partial charge in [-0.1, -0.05) is 19.4 Å². The highest BCUT2D eigenvalue weighted by molar-refractivity contribution is 7.99. The Morgan fingerprint density at radius 3 is 3.26 bits per heavy atom. The van der Waals surface area contributed by atoms with E-state index in [9.17, 15) is 0 Å². The van der Waals surface area contributed by atoms with Crippen LogP contribution in [0.15, 0.2) is 30.6 Å². The van der Waals surface area contributed by atoms with Gasteiger partial charge in [0.05, 0.1) is 11.7 Å². The molecule has 0 spiro atoms. The first-order valence-electron chi connectivity index (χ1n) is 7.14. The predicted octanol–water partition coefficient (Wildman–Crippen LogP) is 3.10. The maximum absolute atomic E-state index is 4.39. The monoisotopic (exact) mass is 275 g/mol. The van der Waals surface area contributed by atoms with E-state index in [0.717, 1.165) is 11.8 Å². The third-order valence-corrected chi connectivity index (χ3v) is 5.22. The van der Waals surface area contributed by atoms with Crippen molar-refractivity contribution in [3.63, 3.8) is 0 Å². The van der Waals surface area contributed by atoms with E-state index in [4.69, 9.17) is 0 Å². The lowest BCUT2D eigenvalue weighted by Crippen LogP contribution is -2.33. The van der Waals surface area contributed by atoms with Crippen LogP contribution in [0.2, 0.25) is 0 Å². The van der Waals surface area contributed by atoms with Gasteiger partial charge in [0, 0.05) is 29.6 Å². The molecule has 1 aliphatic rings. The van der Waals surface area contributed by atoms with Gasteiger partial charge in [-0.2, -0.15) is 16.9 Å². The summed E-state index contributed by atoms with van der Waals surface area (Å²) in [4.78, 5) is 0. The second-order valence-electron chi connectivity index (χ2n) is 5.11. The fourth-order valence-electron chi connectivity index (χ4n) is 2.94. The zero-order valence-corrected chi connectivity index (χ0v) is 12.2. The van der Waals surface area contributed by atoms with E-state index in [1.54, 1.807) is 0 Å². The van der Waals surface area contributed by atoms with Crippen LogP contribution in [0.25, 0.3) is 5.52 Å². The van der Waals surface area contributed by atoms with Gasteiger partial charge in [0.1, 0.15) is 0 Å². The highest BCUT2D eigenvalue weighted by Crippen LogP contribution is 2.30. The fourth-order valence-corrected chi connectivity index (χ4v) is 4.16. The van der Waals surface area contributed by atoms with Gasteiger partial charge < -0.3 is 5.32 Å².